The molecule has 170 valence electrons. The normalized spacial score (nSPS) is 24.3. The van der Waals surface area contributed by atoms with Crippen LogP contribution in [0.15, 0.2) is 36.4 Å². The minimum absolute atomic E-state index is 0.105. The highest BCUT2D eigenvalue weighted by atomic mass is 16.7. The van der Waals surface area contributed by atoms with E-state index in [0.717, 1.165) is 48.6 Å². The summed E-state index contributed by atoms with van der Waals surface area (Å²) in [6.45, 7) is 3.44. The van der Waals surface area contributed by atoms with E-state index < -0.39 is 12.6 Å². The number of aliphatic carboxylic acids is 1. The standard InChI is InChI=1S/C24H27NO7/c26-13-24-12-25(10-19(24)5-6-29-14-24)9-18-7-16(1-3-20(18)30-11-23(27)28)17-2-4-21-22(8-17)32-15-31-21/h1-4,7-8,19,26H,5-6,9-15H2,(H,27,28)/t19-,24+/m0/s1. The second-order valence-corrected chi connectivity index (χ2v) is 8.80. The lowest BCUT2D eigenvalue weighted by atomic mass is 9.76. The summed E-state index contributed by atoms with van der Waals surface area (Å²) in [5.74, 6) is 1.37. The fourth-order valence-corrected chi connectivity index (χ4v) is 5.03. The van der Waals surface area contributed by atoms with Crippen molar-refractivity contribution in [1.29, 1.82) is 0 Å². The van der Waals surface area contributed by atoms with Gasteiger partial charge in [-0.1, -0.05) is 12.1 Å². The average Bonchev–Trinajstić information content (AvgIpc) is 3.41. The van der Waals surface area contributed by atoms with Gasteiger partial charge >= 0.3 is 5.97 Å². The summed E-state index contributed by atoms with van der Waals surface area (Å²) >= 11 is 0. The number of fused-ring (bicyclic) bond motifs is 2. The molecule has 3 aliphatic heterocycles. The molecule has 0 amide bonds. The average molecular weight is 441 g/mol. The summed E-state index contributed by atoms with van der Waals surface area (Å²) in [4.78, 5) is 13.4. The van der Waals surface area contributed by atoms with Crippen molar-refractivity contribution in [1.82, 2.24) is 4.90 Å². The zero-order valence-electron chi connectivity index (χ0n) is 17.8. The molecule has 0 bridgehead atoms. The number of hydrogen-bond acceptors (Lipinski definition) is 7. The predicted molar refractivity (Wildman–Crippen MR) is 115 cm³/mol. The third kappa shape index (κ3) is 4.01. The van der Waals surface area contributed by atoms with Crippen LogP contribution in [0.1, 0.15) is 12.0 Å². The summed E-state index contributed by atoms with van der Waals surface area (Å²) in [6, 6.07) is 11.6. The van der Waals surface area contributed by atoms with Crippen LogP contribution >= 0.6 is 0 Å². The zero-order valence-corrected chi connectivity index (χ0v) is 17.8. The fraction of sp³-hybridized carbons (Fsp3) is 0.458. The van der Waals surface area contributed by atoms with E-state index in [2.05, 4.69) is 4.90 Å². The van der Waals surface area contributed by atoms with Crippen LogP contribution in [0, 0.1) is 11.3 Å². The van der Waals surface area contributed by atoms with Gasteiger partial charge in [0.2, 0.25) is 6.79 Å². The molecular formula is C24H27NO7. The number of carboxylic acid groups (broad SMARTS) is 1. The molecular weight excluding hydrogens is 414 g/mol. The Morgan fingerprint density at radius 1 is 1.16 bits per heavy atom. The number of rotatable bonds is 7. The molecule has 8 nitrogen and oxygen atoms in total. The number of nitrogens with zero attached hydrogens (tertiary/aromatic N) is 1. The topological polar surface area (TPSA) is 97.7 Å². The minimum atomic E-state index is -1.01. The van der Waals surface area contributed by atoms with Gasteiger partial charge in [0.05, 0.1) is 13.2 Å². The maximum atomic E-state index is 11.1. The predicted octanol–water partition coefficient (Wildman–Crippen LogP) is 2.38. The summed E-state index contributed by atoms with van der Waals surface area (Å²) < 4.78 is 22.2. The van der Waals surface area contributed by atoms with E-state index in [1.165, 1.54) is 0 Å². The summed E-state index contributed by atoms with van der Waals surface area (Å²) in [5.41, 5.74) is 2.65. The largest absolute Gasteiger partial charge is 0.482 e. The van der Waals surface area contributed by atoms with Crippen LogP contribution in [0.5, 0.6) is 17.2 Å². The summed E-state index contributed by atoms with van der Waals surface area (Å²) in [6.07, 6.45) is 0.941. The quantitative estimate of drug-likeness (QED) is 0.676. The monoisotopic (exact) mass is 441 g/mol. The molecule has 3 heterocycles. The van der Waals surface area contributed by atoms with Gasteiger partial charge in [0.1, 0.15) is 5.75 Å². The third-order valence-electron chi connectivity index (χ3n) is 6.71. The SMILES string of the molecule is O=C(O)COc1ccc(-c2ccc3c(c2)OCO3)cc1CN1C[C@@H]2CCOC[C@]2(CO)C1. The van der Waals surface area contributed by atoms with Crippen molar-refractivity contribution in [2.24, 2.45) is 11.3 Å². The van der Waals surface area contributed by atoms with Crippen molar-refractivity contribution in [3.63, 3.8) is 0 Å². The van der Waals surface area contributed by atoms with Crippen LogP contribution in [0.25, 0.3) is 11.1 Å². The van der Waals surface area contributed by atoms with E-state index in [1.54, 1.807) is 0 Å². The van der Waals surface area contributed by atoms with Gasteiger partial charge in [-0.15, -0.1) is 0 Å². The fourth-order valence-electron chi connectivity index (χ4n) is 5.03. The van der Waals surface area contributed by atoms with Gasteiger partial charge in [0.25, 0.3) is 0 Å². The zero-order chi connectivity index (χ0) is 22.1. The smallest absolute Gasteiger partial charge is 0.341 e. The van der Waals surface area contributed by atoms with E-state index in [-0.39, 0.29) is 18.8 Å². The van der Waals surface area contributed by atoms with Crippen molar-refractivity contribution in [2.75, 3.05) is 46.3 Å². The van der Waals surface area contributed by atoms with E-state index in [0.29, 0.717) is 30.6 Å². The molecule has 0 spiro atoms. The van der Waals surface area contributed by atoms with E-state index in [1.807, 2.05) is 36.4 Å². The van der Waals surface area contributed by atoms with Crippen molar-refractivity contribution in [2.45, 2.75) is 13.0 Å². The van der Waals surface area contributed by atoms with Crippen LogP contribution in [0.2, 0.25) is 0 Å². The van der Waals surface area contributed by atoms with E-state index in [9.17, 15) is 9.90 Å². The van der Waals surface area contributed by atoms with Crippen molar-refractivity contribution >= 4 is 5.97 Å². The number of aliphatic hydroxyl groups is 1. The molecule has 0 radical (unpaired) electrons. The molecule has 0 unspecified atom stereocenters. The van der Waals surface area contributed by atoms with Crippen LogP contribution in [0.3, 0.4) is 0 Å². The molecule has 2 atom stereocenters. The second kappa shape index (κ2) is 8.61. The molecule has 32 heavy (non-hydrogen) atoms. The Bertz CT molecular complexity index is 1010. The highest BCUT2D eigenvalue weighted by Gasteiger charge is 2.48. The molecule has 2 N–H and O–H groups in total. The first-order chi connectivity index (χ1) is 15.6. The highest BCUT2D eigenvalue weighted by Crippen LogP contribution is 2.42. The van der Waals surface area contributed by atoms with Gasteiger partial charge in [-0.25, -0.2) is 4.79 Å². The lowest BCUT2D eigenvalue weighted by Crippen LogP contribution is -2.42. The molecule has 3 aliphatic rings. The van der Waals surface area contributed by atoms with Gasteiger partial charge < -0.3 is 29.2 Å². The van der Waals surface area contributed by atoms with Gasteiger partial charge in [0, 0.05) is 37.2 Å². The van der Waals surface area contributed by atoms with Gasteiger partial charge in [0.15, 0.2) is 18.1 Å². The lowest BCUT2D eigenvalue weighted by molar-refractivity contribution is -0.139. The number of hydrogen-bond donors (Lipinski definition) is 2. The first kappa shape index (κ1) is 21.1. The Morgan fingerprint density at radius 3 is 2.78 bits per heavy atom. The maximum absolute atomic E-state index is 11.1. The van der Waals surface area contributed by atoms with Crippen LogP contribution in [-0.4, -0.2) is 67.4 Å². The first-order valence-electron chi connectivity index (χ1n) is 10.8. The van der Waals surface area contributed by atoms with Gasteiger partial charge in [-0.3, -0.25) is 4.90 Å². The maximum Gasteiger partial charge on any atom is 0.341 e. The minimum Gasteiger partial charge on any atom is -0.482 e. The van der Waals surface area contributed by atoms with Gasteiger partial charge in [-0.2, -0.15) is 0 Å². The number of aliphatic hydroxyl groups excluding tert-OH is 1. The molecule has 0 aromatic heterocycles. The second-order valence-electron chi connectivity index (χ2n) is 8.80. The Morgan fingerprint density at radius 2 is 1.97 bits per heavy atom. The number of carboxylic acids is 1. The van der Waals surface area contributed by atoms with Crippen LogP contribution in [-0.2, 0) is 16.1 Å². The number of ether oxygens (including phenoxy) is 4. The van der Waals surface area contributed by atoms with Crippen molar-refractivity contribution in [3.05, 3.63) is 42.0 Å². The molecule has 2 aromatic rings. The first-order valence-corrected chi connectivity index (χ1v) is 10.8. The van der Waals surface area contributed by atoms with Crippen molar-refractivity contribution in [3.8, 4) is 28.4 Å². The molecule has 5 rings (SSSR count). The molecule has 0 saturated carbocycles. The Hall–Kier alpha value is -2.81. The molecule has 0 aliphatic carbocycles. The van der Waals surface area contributed by atoms with Crippen LogP contribution < -0.4 is 14.2 Å². The molecule has 8 heteroatoms. The van der Waals surface area contributed by atoms with Crippen molar-refractivity contribution < 1.29 is 34.0 Å². The molecule has 2 fully saturated rings. The van der Waals surface area contributed by atoms with E-state index >= 15 is 0 Å². The Labute approximate surface area is 186 Å². The lowest BCUT2D eigenvalue weighted by Gasteiger charge is -2.36. The Balaban J connectivity index is 1.42. The third-order valence-corrected chi connectivity index (χ3v) is 6.71. The molecule has 2 saturated heterocycles. The number of benzene rings is 2. The van der Waals surface area contributed by atoms with E-state index in [4.69, 9.17) is 24.1 Å². The number of likely N-dealkylation sites (tertiary alicyclic amines) is 1. The molecule has 2 aromatic carbocycles. The number of carbonyl (C=O) groups is 1. The van der Waals surface area contributed by atoms with Gasteiger partial charge in [-0.05, 0) is 47.7 Å². The summed E-state index contributed by atoms with van der Waals surface area (Å²) in [5, 5.41) is 19.2. The highest BCUT2D eigenvalue weighted by molar-refractivity contribution is 5.70. The van der Waals surface area contributed by atoms with Crippen LogP contribution in [0.4, 0.5) is 0 Å². The summed E-state index contributed by atoms with van der Waals surface area (Å²) in [7, 11) is 0. The Kier molecular flexibility index (Phi) is 5.67.